The molecule has 54 heavy (non-hydrogen) atoms. The average molecular weight is 751 g/mol. The Kier molecular flexibility index (Phi) is 22.7. The first-order valence-corrected chi connectivity index (χ1v) is 21.2. The first-order valence-electron chi connectivity index (χ1n) is 21.2. The van der Waals surface area contributed by atoms with E-state index >= 15 is 0 Å². The lowest BCUT2D eigenvalue weighted by Gasteiger charge is -2.23. The molecular formula is C46H70O8. The molecule has 2 unspecified atom stereocenters. The Bertz CT molecular complexity index is 1490. The van der Waals surface area contributed by atoms with Crippen LogP contribution < -0.4 is 9.47 Å². The Balaban J connectivity index is 1.87. The van der Waals surface area contributed by atoms with Gasteiger partial charge in [-0.1, -0.05) is 135 Å². The highest BCUT2D eigenvalue weighted by Gasteiger charge is 2.23. The van der Waals surface area contributed by atoms with Crippen LogP contribution in [-0.2, 0) is 35.0 Å². The van der Waals surface area contributed by atoms with Gasteiger partial charge in [0.2, 0.25) is 0 Å². The lowest BCUT2D eigenvalue weighted by atomic mass is 9.98. The van der Waals surface area contributed by atoms with Gasteiger partial charge in [0.05, 0.1) is 13.2 Å². The number of carbonyl (C=O) groups excluding carboxylic acids is 2. The summed E-state index contributed by atoms with van der Waals surface area (Å²) in [6.07, 6.45) is 15.2. The van der Waals surface area contributed by atoms with Gasteiger partial charge >= 0.3 is 11.9 Å². The van der Waals surface area contributed by atoms with Gasteiger partial charge in [-0.15, -0.1) is 0 Å². The van der Waals surface area contributed by atoms with E-state index in [1.54, 1.807) is 0 Å². The Morgan fingerprint density at radius 3 is 1.41 bits per heavy atom. The zero-order valence-corrected chi connectivity index (χ0v) is 34.2. The minimum Gasteiger partial charge on any atom is -0.488 e. The van der Waals surface area contributed by atoms with Gasteiger partial charge in [-0.05, 0) is 43.7 Å². The third kappa shape index (κ3) is 16.2. The molecule has 0 heterocycles. The summed E-state index contributed by atoms with van der Waals surface area (Å²) in [5.41, 5.74) is 1.16. The second-order valence-corrected chi connectivity index (χ2v) is 14.5. The Morgan fingerprint density at radius 1 is 0.500 bits per heavy atom. The van der Waals surface area contributed by atoms with E-state index in [4.69, 9.17) is 28.4 Å². The zero-order valence-electron chi connectivity index (χ0n) is 34.2. The van der Waals surface area contributed by atoms with Crippen molar-refractivity contribution in [3.63, 3.8) is 0 Å². The molecule has 8 nitrogen and oxygen atoms in total. The van der Waals surface area contributed by atoms with Crippen molar-refractivity contribution in [2.24, 2.45) is 0 Å². The van der Waals surface area contributed by atoms with Gasteiger partial charge in [-0.3, -0.25) is 9.59 Å². The van der Waals surface area contributed by atoms with Crippen LogP contribution in [-0.4, -0.2) is 63.8 Å². The highest BCUT2D eigenvalue weighted by molar-refractivity contribution is 6.11. The largest absolute Gasteiger partial charge is 0.488 e. The van der Waals surface area contributed by atoms with Crippen molar-refractivity contribution in [2.45, 2.75) is 156 Å². The molecule has 3 aromatic rings. The molecule has 0 spiro atoms. The maximum absolute atomic E-state index is 12.9. The SMILES string of the molecule is CCCCCCCC(=O)OC(COCCCC)COc1c2ccccc2c(OCC(COCCCC)OC(=O)CCCCCCC)c2cc(CC)ccc12. The minimum atomic E-state index is -0.543. The molecule has 302 valence electrons. The molecule has 0 aliphatic heterocycles. The summed E-state index contributed by atoms with van der Waals surface area (Å²) in [5.74, 6) is 0.997. The van der Waals surface area contributed by atoms with Crippen LogP contribution in [0.25, 0.3) is 21.5 Å². The number of hydrogen-bond donors (Lipinski definition) is 0. The van der Waals surface area contributed by atoms with Crippen molar-refractivity contribution < 1.29 is 38.0 Å². The second kappa shape index (κ2) is 27.3. The standard InChI is InChI=1S/C46H70O8/c1-6-11-15-17-19-25-43(47)53-37(32-49-29-13-8-3)34-51-45-39-23-21-22-24-40(39)46(42-31-36(10-5)27-28-41(42)45)52-35-38(33-50-30-14-9-4)54-44(48)26-20-18-16-12-7-2/h21-24,27-28,31,37-38H,6-20,25-26,29-30,32-35H2,1-5H3. The molecule has 0 aliphatic carbocycles. The molecular weight excluding hydrogens is 680 g/mol. The lowest BCUT2D eigenvalue weighted by Crippen LogP contribution is -2.30. The van der Waals surface area contributed by atoms with E-state index in [0.29, 0.717) is 37.6 Å². The Labute approximate surface area is 325 Å². The Hall–Kier alpha value is -3.36. The molecule has 0 bridgehead atoms. The summed E-state index contributed by atoms with van der Waals surface area (Å²) < 4.78 is 37.2. The van der Waals surface area contributed by atoms with E-state index in [-0.39, 0.29) is 38.4 Å². The lowest BCUT2D eigenvalue weighted by molar-refractivity contribution is -0.155. The first kappa shape index (κ1) is 45.0. The molecule has 0 radical (unpaired) electrons. The molecule has 0 aliphatic rings. The van der Waals surface area contributed by atoms with E-state index in [1.165, 1.54) is 25.7 Å². The van der Waals surface area contributed by atoms with Crippen molar-refractivity contribution in [2.75, 3.05) is 39.6 Å². The molecule has 0 saturated heterocycles. The van der Waals surface area contributed by atoms with Crippen LogP contribution in [0.1, 0.15) is 143 Å². The smallest absolute Gasteiger partial charge is 0.306 e. The third-order valence-electron chi connectivity index (χ3n) is 9.68. The number of unbranched alkanes of at least 4 members (excludes halogenated alkanes) is 10. The fourth-order valence-corrected chi connectivity index (χ4v) is 6.42. The quantitative estimate of drug-likeness (QED) is 0.0365. The van der Waals surface area contributed by atoms with Crippen LogP contribution in [0.3, 0.4) is 0 Å². The van der Waals surface area contributed by atoms with Crippen LogP contribution in [0.4, 0.5) is 0 Å². The van der Waals surface area contributed by atoms with Gasteiger partial charge in [0.1, 0.15) is 24.7 Å². The average Bonchev–Trinajstić information content (AvgIpc) is 3.18. The van der Waals surface area contributed by atoms with E-state index in [9.17, 15) is 9.59 Å². The van der Waals surface area contributed by atoms with Gasteiger partial charge in [0.15, 0.2) is 12.2 Å². The van der Waals surface area contributed by atoms with E-state index in [0.717, 1.165) is 97.7 Å². The number of fused-ring (bicyclic) bond motifs is 2. The van der Waals surface area contributed by atoms with Crippen molar-refractivity contribution in [1.82, 2.24) is 0 Å². The molecule has 2 atom stereocenters. The normalized spacial score (nSPS) is 12.5. The van der Waals surface area contributed by atoms with E-state index in [1.807, 2.05) is 24.3 Å². The molecule has 0 N–H and O–H groups in total. The summed E-state index contributed by atoms with van der Waals surface area (Å²) >= 11 is 0. The van der Waals surface area contributed by atoms with Crippen LogP contribution >= 0.6 is 0 Å². The number of benzene rings is 3. The number of aryl methyl sites for hydroxylation is 1. The third-order valence-corrected chi connectivity index (χ3v) is 9.68. The molecule has 3 rings (SSSR count). The molecule has 0 aromatic heterocycles. The Morgan fingerprint density at radius 2 is 0.944 bits per heavy atom. The van der Waals surface area contributed by atoms with Gasteiger partial charge in [0, 0.05) is 47.6 Å². The fraction of sp³-hybridized carbons (Fsp3) is 0.652. The predicted molar refractivity (Wildman–Crippen MR) is 220 cm³/mol. The van der Waals surface area contributed by atoms with Crippen LogP contribution in [0, 0.1) is 0 Å². The molecule has 0 fully saturated rings. The fourth-order valence-electron chi connectivity index (χ4n) is 6.42. The number of ether oxygens (including phenoxy) is 6. The summed E-state index contributed by atoms with van der Waals surface area (Å²) in [6.45, 7) is 12.8. The molecule has 0 amide bonds. The summed E-state index contributed by atoms with van der Waals surface area (Å²) in [4.78, 5) is 25.8. The molecule has 0 saturated carbocycles. The highest BCUT2D eigenvalue weighted by atomic mass is 16.6. The van der Waals surface area contributed by atoms with Gasteiger partial charge in [-0.25, -0.2) is 0 Å². The number of carbonyl (C=O) groups is 2. The zero-order chi connectivity index (χ0) is 38.8. The summed E-state index contributed by atoms with van der Waals surface area (Å²) in [6, 6.07) is 14.4. The van der Waals surface area contributed by atoms with Crippen LogP contribution in [0.2, 0.25) is 0 Å². The second-order valence-electron chi connectivity index (χ2n) is 14.5. The highest BCUT2D eigenvalue weighted by Crippen LogP contribution is 2.43. The minimum absolute atomic E-state index is 0.161. The monoisotopic (exact) mass is 751 g/mol. The van der Waals surface area contributed by atoms with E-state index in [2.05, 4.69) is 52.8 Å². The maximum atomic E-state index is 12.9. The maximum Gasteiger partial charge on any atom is 0.306 e. The predicted octanol–water partition coefficient (Wildman–Crippen LogP) is 11.5. The van der Waals surface area contributed by atoms with Crippen molar-refractivity contribution >= 4 is 33.5 Å². The number of esters is 2. The summed E-state index contributed by atoms with van der Waals surface area (Å²) in [7, 11) is 0. The van der Waals surface area contributed by atoms with Crippen molar-refractivity contribution in [1.29, 1.82) is 0 Å². The summed E-state index contributed by atoms with van der Waals surface area (Å²) in [5, 5.41) is 3.59. The van der Waals surface area contributed by atoms with E-state index < -0.39 is 12.2 Å². The van der Waals surface area contributed by atoms with Gasteiger partial charge < -0.3 is 28.4 Å². The molecule has 8 heteroatoms. The van der Waals surface area contributed by atoms with Crippen LogP contribution in [0.5, 0.6) is 11.5 Å². The number of hydrogen-bond acceptors (Lipinski definition) is 8. The van der Waals surface area contributed by atoms with Crippen LogP contribution in [0.15, 0.2) is 42.5 Å². The van der Waals surface area contributed by atoms with Crippen molar-refractivity contribution in [3.8, 4) is 11.5 Å². The van der Waals surface area contributed by atoms with Gasteiger partial charge in [-0.2, -0.15) is 0 Å². The first-order chi connectivity index (χ1) is 26.4. The van der Waals surface area contributed by atoms with Gasteiger partial charge in [0.25, 0.3) is 0 Å². The van der Waals surface area contributed by atoms with Crippen molar-refractivity contribution in [3.05, 3.63) is 48.0 Å². The topological polar surface area (TPSA) is 89.5 Å². The number of rotatable bonds is 31. The molecule has 3 aromatic carbocycles.